The Bertz CT molecular complexity index is 483. The van der Waals surface area contributed by atoms with Crippen LogP contribution in [0.25, 0.3) is 0 Å². The van der Waals surface area contributed by atoms with E-state index in [1.165, 1.54) is 4.31 Å². The first-order chi connectivity index (χ1) is 8.01. The molecule has 0 saturated carbocycles. The average Bonchev–Trinajstić information content (AvgIpc) is 2.73. The van der Waals surface area contributed by atoms with Gasteiger partial charge in [0.2, 0.25) is 15.9 Å². The fourth-order valence-electron chi connectivity index (χ4n) is 1.97. The van der Waals surface area contributed by atoms with Crippen LogP contribution < -0.4 is 0 Å². The molecule has 1 aliphatic rings. The Kier molecular flexibility index (Phi) is 3.48. The van der Waals surface area contributed by atoms with Crippen LogP contribution in [0.1, 0.15) is 32.0 Å². The van der Waals surface area contributed by atoms with Crippen LogP contribution in [0, 0.1) is 5.92 Å². The van der Waals surface area contributed by atoms with Crippen molar-refractivity contribution >= 4 is 10.0 Å². The van der Waals surface area contributed by atoms with Crippen molar-refractivity contribution in [3.8, 4) is 0 Å². The monoisotopic (exact) mass is 259 g/mol. The first-order valence-corrected chi connectivity index (χ1v) is 7.41. The zero-order chi connectivity index (χ0) is 12.5. The molecule has 0 aromatic carbocycles. The van der Waals surface area contributed by atoms with Gasteiger partial charge in [0.1, 0.15) is 0 Å². The van der Waals surface area contributed by atoms with Crippen molar-refractivity contribution in [1.82, 2.24) is 14.4 Å². The molecule has 0 bridgehead atoms. The molecule has 0 spiro atoms. The van der Waals surface area contributed by atoms with Gasteiger partial charge in [-0.3, -0.25) is 0 Å². The topological polar surface area (TPSA) is 76.3 Å². The van der Waals surface area contributed by atoms with Crippen molar-refractivity contribution in [1.29, 1.82) is 0 Å². The zero-order valence-corrected chi connectivity index (χ0v) is 10.9. The van der Waals surface area contributed by atoms with Crippen molar-refractivity contribution in [2.75, 3.05) is 12.3 Å². The third-order valence-corrected chi connectivity index (χ3v) is 4.75. The number of hydrogen-bond acceptors (Lipinski definition) is 5. The largest absolute Gasteiger partial charge is 0.339 e. The Balaban J connectivity index is 2.05. The predicted octanol–water partition coefficient (Wildman–Crippen LogP) is 0.804. The number of aromatic nitrogens is 2. The maximum Gasteiger partial charge on any atom is 0.226 e. The molecule has 1 fully saturated rings. The van der Waals surface area contributed by atoms with E-state index >= 15 is 0 Å². The summed E-state index contributed by atoms with van der Waals surface area (Å²) in [6.07, 6.45) is 1.66. The molecule has 2 rings (SSSR count). The van der Waals surface area contributed by atoms with Crippen LogP contribution in [-0.2, 0) is 23.0 Å². The normalized spacial score (nSPS) is 24.2. The molecule has 1 atom stereocenters. The molecular formula is C10H17N3O3S. The van der Waals surface area contributed by atoms with Gasteiger partial charge in [0.25, 0.3) is 0 Å². The van der Waals surface area contributed by atoms with Crippen LogP contribution in [0.4, 0.5) is 0 Å². The summed E-state index contributed by atoms with van der Waals surface area (Å²) in [4.78, 5) is 4.17. The summed E-state index contributed by atoms with van der Waals surface area (Å²) in [5, 5.41) is 3.80. The molecule has 1 saturated heterocycles. The van der Waals surface area contributed by atoms with Gasteiger partial charge < -0.3 is 4.52 Å². The number of nitrogens with zero attached hydrogens (tertiary/aromatic N) is 3. The quantitative estimate of drug-likeness (QED) is 0.799. The molecule has 1 unspecified atom stereocenters. The van der Waals surface area contributed by atoms with Crippen molar-refractivity contribution in [2.24, 2.45) is 5.92 Å². The summed E-state index contributed by atoms with van der Waals surface area (Å²) in [5.41, 5.74) is 0. The second kappa shape index (κ2) is 4.73. The molecule has 1 aromatic rings. The van der Waals surface area contributed by atoms with E-state index < -0.39 is 10.0 Å². The van der Waals surface area contributed by atoms with E-state index in [4.69, 9.17) is 4.52 Å². The first kappa shape index (κ1) is 12.5. The maximum atomic E-state index is 11.7. The zero-order valence-electron chi connectivity index (χ0n) is 10.1. The fourth-order valence-corrected chi connectivity index (χ4v) is 3.80. The lowest BCUT2D eigenvalue weighted by Gasteiger charge is -2.10. The highest BCUT2D eigenvalue weighted by Crippen LogP contribution is 2.20. The smallest absolute Gasteiger partial charge is 0.226 e. The van der Waals surface area contributed by atoms with Gasteiger partial charge in [-0.25, -0.2) is 8.42 Å². The minimum atomic E-state index is -3.13. The minimum absolute atomic E-state index is 0.169. The molecular weight excluding hydrogens is 242 g/mol. The summed E-state index contributed by atoms with van der Waals surface area (Å²) in [7, 11) is -3.13. The molecule has 0 N–H and O–H groups in total. The Hall–Kier alpha value is -0.950. The highest BCUT2D eigenvalue weighted by atomic mass is 32.2. The van der Waals surface area contributed by atoms with E-state index in [0.717, 1.165) is 12.8 Å². The van der Waals surface area contributed by atoms with Gasteiger partial charge in [0.15, 0.2) is 5.82 Å². The summed E-state index contributed by atoms with van der Waals surface area (Å²) < 4.78 is 30.0. The van der Waals surface area contributed by atoms with E-state index in [0.29, 0.717) is 18.3 Å². The Morgan fingerprint density at radius 3 is 2.88 bits per heavy atom. The standard InChI is InChI=1S/C10H17N3O3S/c1-3-4-10-11-9(12-16-10)6-13-5-8(2)7-17(13,14)15/h8H,3-7H2,1-2H3. The first-order valence-electron chi connectivity index (χ1n) is 5.80. The lowest BCUT2D eigenvalue weighted by Crippen LogP contribution is -2.25. The van der Waals surface area contributed by atoms with E-state index in [1.807, 2.05) is 13.8 Å². The van der Waals surface area contributed by atoms with Crippen LogP contribution in [0.5, 0.6) is 0 Å². The Morgan fingerprint density at radius 2 is 2.29 bits per heavy atom. The van der Waals surface area contributed by atoms with Gasteiger partial charge >= 0.3 is 0 Å². The van der Waals surface area contributed by atoms with E-state index in [-0.39, 0.29) is 18.2 Å². The van der Waals surface area contributed by atoms with Crippen molar-refractivity contribution in [2.45, 2.75) is 33.2 Å². The predicted molar refractivity (Wildman–Crippen MR) is 61.7 cm³/mol. The molecule has 0 amide bonds. The number of hydrogen-bond donors (Lipinski definition) is 0. The molecule has 1 aromatic heterocycles. The second-order valence-corrected chi connectivity index (χ2v) is 6.54. The van der Waals surface area contributed by atoms with E-state index in [9.17, 15) is 8.42 Å². The summed E-state index contributed by atoms with van der Waals surface area (Å²) >= 11 is 0. The second-order valence-electron chi connectivity index (χ2n) is 4.53. The fraction of sp³-hybridized carbons (Fsp3) is 0.800. The SMILES string of the molecule is CCCc1nc(CN2CC(C)CS2(=O)=O)no1. The lowest BCUT2D eigenvalue weighted by molar-refractivity contribution is 0.355. The molecule has 96 valence electrons. The lowest BCUT2D eigenvalue weighted by atomic mass is 10.2. The molecule has 17 heavy (non-hydrogen) atoms. The van der Waals surface area contributed by atoms with Crippen molar-refractivity contribution in [3.63, 3.8) is 0 Å². The molecule has 6 nitrogen and oxygen atoms in total. The molecule has 0 aliphatic carbocycles. The van der Waals surface area contributed by atoms with Gasteiger partial charge in [-0.1, -0.05) is 19.0 Å². The van der Waals surface area contributed by atoms with Gasteiger partial charge in [0.05, 0.1) is 12.3 Å². The molecule has 7 heteroatoms. The van der Waals surface area contributed by atoms with Gasteiger partial charge in [-0.05, 0) is 12.3 Å². The number of aryl methyl sites for hydroxylation is 1. The molecule has 0 radical (unpaired) electrons. The van der Waals surface area contributed by atoms with Crippen LogP contribution in [-0.4, -0.2) is 35.2 Å². The van der Waals surface area contributed by atoms with Crippen LogP contribution >= 0.6 is 0 Å². The third-order valence-electron chi connectivity index (χ3n) is 2.70. The van der Waals surface area contributed by atoms with Crippen molar-refractivity contribution < 1.29 is 12.9 Å². The summed E-state index contributed by atoms with van der Waals surface area (Å²) in [6.45, 7) is 4.71. The Morgan fingerprint density at radius 1 is 1.53 bits per heavy atom. The van der Waals surface area contributed by atoms with Gasteiger partial charge in [-0.2, -0.15) is 9.29 Å². The summed E-state index contributed by atoms with van der Waals surface area (Å²) in [6, 6.07) is 0. The highest BCUT2D eigenvalue weighted by Gasteiger charge is 2.34. The maximum absolute atomic E-state index is 11.7. The number of rotatable bonds is 4. The summed E-state index contributed by atoms with van der Waals surface area (Å²) in [5.74, 6) is 1.41. The molecule has 1 aliphatic heterocycles. The molecule has 2 heterocycles. The van der Waals surface area contributed by atoms with Crippen molar-refractivity contribution in [3.05, 3.63) is 11.7 Å². The van der Waals surface area contributed by atoms with E-state index in [2.05, 4.69) is 10.1 Å². The van der Waals surface area contributed by atoms with Crippen LogP contribution in [0.15, 0.2) is 4.52 Å². The highest BCUT2D eigenvalue weighted by molar-refractivity contribution is 7.89. The minimum Gasteiger partial charge on any atom is -0.339 e. The van der Waals surface area contributed by atoms with E-state index in [1.54, 1.807) is 0 Å². The van der Waals surface area contributed by atoms with Crippen LogP contribution in [0.3, 0.4) is 0 Å². The van der Waals surface area contributed by atoms with Crippen LogP contribution in [0.2, 0.25) is 0 Å². The Labute approximate surface area is 101 Å². The van der Waals surface area contributed by atoms with Gasteiger partial charge in [-0.15, -0.1) is 0 Å². The average molecular weight is 259 g/mol. The number of sulfonamides is 1. The third kappa shape index (κ3) is 2.84. The van der Waals surface area contributed by atoms with Gasteiger partial charge in [0, 0.05) is 13.0 Å².